The third-order valence-corrected chi connectivity index (χ3v) is 9.27. The summed E-state index contributed by atoms with van der Waals surface area (Å²) in [6, 6.07) is 17.0. The quantitative estimate of drug-likeness (QED) is 0.339. The van der Waals surface area contributed by atoms with E-state index in [1.54, 1.807) is 25.1 Å². The van der Waals surface area contributed by atoms with Crippen LogP contribution in [0.2, 0.25) is 5.15 Å². The highest BCUT2D eigenvalue weighted by atomic mass is 35.5. The van der Waals surface area contributed by atoms with Gasteiger partial charge in [-0.3, -0.25) is 9.89 Å². The number of imidazole rings is 1. The predicted molar refractivity (Wildman–Crippen MR) is 143 cm³/mol. The number of aromatic nitrogens is 4. The maximum atomic E-state index is 13.7. The van der Waals surface area contributed by atoms with Crippen LogP contribution >= 0.6 is 11.6 Å². The monoisotopic (exact) mass is 553 g/mol. The van der Waals surface area contributed by atoms with Crippen molar-refractivity contribution in [2.75, 3.05) is 13.2 Å². The summed E-state index contributed by atoms with van der Waals surface area (Å²) in [6.07, 6.45) is 2.92. The Hall–Kier alpha value is -3.63. The largest absolute Gasteiger partial charge is 0.493 e. The second kappa shape index (κ2) is 10.3. The number of carbonyl (C=O) groups is 1. The van der Waals surface area contributed by atoms with Crippen molar-refractivity contribution in [3.63, 3.8) is 0 Å². The van der Waals surface area contributed by atoms with E-state index >= 15 is 0 Å². The molecular formula is C27H28ClN5O4S. The van der Waals surface area contributed by atoms with Crippen molar-refractivity contribution < 1.29 is 17.9 Å². The number of para-hydroxylation sites is 1. The highest BCUT2D eigenvalue weighted by Gasteiger charge is 2.41. The molecule has 1 amide bonds. The Kier molecular flexibility index (Phi) is 7.02. The first-order valence-electron chi connectivity index (χ1n) is 12.3. The van der Waals surface area contributed by atoms with Gasteiger partial charge in [0.05, 0.1) is 29.3 Å². The zero-order valence-corrected chi connectivity index (χ0v) is 22.6. The van der Waals surface area contributed by atoms with Gasteiger partial charge in [-0.1, -0.05) is 54.1 Å². The summed E-state index contributed by atoms with van der Waals surface area (Å²) in [5.74, 6) is 0.265. The number of nitrogens with zero attached hydrogens (tertiary/aromatic N) is 3. The number of hydrogen-bond donors (Lipinski definition) is 2. The number of ether oxygens (including phenoxy) is 1. The van der Waals surface area contributed by atoms with E-state index in [0.717, 1.165) is 5.56 Å². The fourth-order valence-corrected chi connectivity index (χ4v) is 7.11. The molecule has 2 N–H and O–H groups in total. The third-order valence-electron chi connectivity index (χ3n) is 7.04. The van der Waals surface area contributed by atoms with Crippen molar-refractivity contribution in [2.24, 2.45) is 0 Å². The second-order valence-electron chi connectivity index (χ2n) is 9.34. The van der Waals surface area contributed by atoms with Crippen LogP contribution in [0.25, 0.3) is 0 Å². The molecule has 1 aliphatic rings. The molecule has 9 nitrogen and oxygen atoms in total. The van der Waals surface area contributed by atoms with Gasteiger partial charge < -0.3 is 10.1 Å². The van der Waals surface area contributed by atoms with Gasteiger partial charge in [-0.05, 0) is 44.4 Å². The van der Waals surface area contributed by atoms with Crippen LogP contribution in [0, 0.1) is 6.92 Å². The number of carbonyl (C=O) groups excluding carboxylic acids is 1. The summed E-state index contributed by atoms with van der Waals surface area (Å²) in [6.45, 7) is 4.22. The fraction of sp³-hybridized carbons (Fsp3) is 0.296. The average molecular weight is 554 g/mol. The summed E-state index contributed by atoms with van der Waals surface area (Å²) in [5.41, 5.74) is 2.53. The van der Waals surface area contributed by atoms with Crippen molar-refractivity contribution in [1.29, 1.82) is 0 Å². The van der Waals surface area contributed by atoms with E-state index in [1.165, 1.54) is 10.3 Å². The van der Waals surface area contributed by atoms with E-state index in [1.807, 2.05) is 43.3 Å². The minimum atomic E-state index is -4.05. The summed E-state index contributed by atoms with van der Waals surface area (Å²) >= 11 is 6.15. The van der Waals surface area contributed by atoms with Crippen LogP contribution in [-0.4, -0.2) is 46.6 Å². The first-order chi connectivity index (χ1) is 18.3. The van der Waals surface area contributed by atoms with Crippen LogP contribution in [0.15, 0.2) is 65.8 Å². The Morgan fingerprint density at radius 3 is 2.63 bits per heavy atom. The molecule has 2 heterocycles. The minimum Gasteiger partial charge on any atom is -0.493 e. The zero-order valence-electron chi connectivity index (χ0n) is 21.1. The third kappa shape index (κ3) is 4.58. The SMILES string of the molecule is CCOc1ccccc1C(=O)NCC1(c2ccccc2)CCc2ncn(S(=O)(=O)c3c(Cl)n[nH]c3C)c2C1. The molecule has 0 fully saturated rings. The van der Waals surface area contributed by atoms with Gasteiger partial charge in [0, 0.05) is 18.4 Å². The van der Waals surface area contributed by atoms with Gasteiger partial charge in [-0.2, -0.15) is 5.10 Å². The Morgan fingerprint density at radius 2 is 1.92 bits per heavy atom. The molecule has 4 aromatic rings. The lowest BCUT2D eigenvalue weighted by Gasteiger charge is -2.38. The van der Waals surface area contributed by atoms with Crippen LogP contribution < -0.4 is 10.1 Å². The second-order valence-corrected chi connectivity index (χ2v) is 11.5. The molecule has 5 rings (SSSR count). The molecule has 0 aliphatic heterocycles. The molecule has 2 aromatic heterocycles. The van der Waals surface area contributed by atoms with Crippen molar-refractivity contribution in [2.45, 2.75) is 43.4 Å². The van der Waals surface area contributed by atoms with E-state index < -0.39 is 15.4 Å². The Bertz CT molecular complexity index is 1560. The van der Waals surface area contributed by atoms with Crippen molar-refractivity contribution in [3.05, 3.63) is 94.3 Å². The van der Waals surface area contributed by atoms with E-state index in [-0.39, 0.29) is 16.0 Å². The highest BCUT2D eigenvalue weighted by Crippen LogP contribution is 2.39. The van der Waals surface area contributed by atoms with Gasteiger partial charge in [0.1, 0.15) is 17.0 Å². The van der Waals surface area contributed by atoms with Gasteiger partial charge in [-0.25, -0.2) is 17.4 Å². The van der Waals surface area contributed by atoms with Gasteiger partial charge in [-0.15, -0.1) is 0 Å². The van der Waals surface area contributed by atoms with Crippen LogP contribution in [0.1, 0.15) is 46.3 Å². The lowest BCUT2D eigenvalue weighted by atomic mass is 9.69. The molecule has 0 saturated heterocycles. The van der Waals surface area contributed by atoms with E-state index in [9.17, 15) is 13.2 Å². The first-order valence-corrected chi connectivity index (χ1v) is 14.2. The lowest BCUT2D eigenvalue weighted by Crippen LogP contribution is -2.45. The zero-order chi connectivity index (χ0) is 26.9. The number of nitrogens with one attached hydrogen (secondary N) is 2. The summed E-state index contributed by atoms with van der Waals surface area (Å²) < 4.78 is 34.2. The molecule has 0 bridgehead atoms. The number of aromatic amines is 1. The van der Waals surface area contributed by atoms with E-state index in [0.29, 0.717) is 60.8 Å². The van der Waals surface area contributed by atoms with E-state index in [4.69, 9.17) is 16.3 Å². The van der Waals surface area contributed by atoms with Crippen molar-refractivity contribution >= 4 is 27.5 Å². The molecule has 1 aliphatic carbocycles. The van der Waals surface area contributed by atoms with Crippen LogP contribution in [0.4, 0.5) is 0 Å². The molecule has 1 unspecified atom stereocenters. The predicted octanol–water partition coefficient (Wildman–Crippen LogP) is 4.06. The average Bonchev–Trinajstić information content (AvgIpc) is 3.51. The molecule has 2 aromatic carbocycles. The van der Waals surface area contributed by atoms with Crippen molar-refractivity contribution in [1.82, 2.24) is 24.5 Å². The number of hydrogen-bond acceptors (Lipinski definition) is 6. The normalized spacial score (nSPS) is 17.1. The molecule has 198 valence electrons. The summed E-state index contributed by atoms with van der Waals surface area (Å²) in [7, 11) is -4.05. The van der Waals surface area contributed by atoms with Crippen molar-refractivity contribution in [3.8, 4) is 5.75 Å². The molecule has 1 atom stereocenters. The van der Waals surface area contributed by atoms with Crippen LogP contribution in [0.5, 0.6) is 5.75 Å². The summed E-state index contributed by atoms with van der Waals surface area (Å²) in [5, 5.41) is 9.47. The standard InChI is InChI=1S/C27H28ClN5O4S/c1-3-37-23-12-8-7-11-20(23)26(34)29-16-27(19-9-5-4-6-10-19)14-13-21-22(15-27)33(17-30-21)38(35,36)24-18(2)31-32-25(24)28/h4-12,17H,3,13-16H2,1-2H3,(H,29,34)(H,31,32). The topological polar surface area (TPSA) is 119 Å². The van der Waals surface area contributed by atoms with Gasteiger partial charge in [0.15, 0.2) is 5.15 Å². The fourth-order valence-electron chi connectivity index (χ4n) is 5.11. The van der Waals surface area contributed by atoms with Crippen LogP contribution in [0.3, 0.4) is 0 Å². The van der Waals surface area contributed by atoms with E-state index in [2.05, 4.69) is 20.5 Å². The molecule has 11 heteroatoms. The highest BCUT2D eigenvalue weighted by molar-refractivity contribution is 7.90. The Labute approximate surface area is 226 Å². The Morgan fingerprint density at radius 1 is 1.18 bits per heavy atom. The number of H-pyrrole nitrogens is 1. The number of amides is 1. The molecule has 0 saturated carbocycles. The number of aryl methyl sites for hydroxylation is 2. The first kappa shape index (κ1) is 26.0. The smallest absolute Gasteiger partial charge is 0.274 e. The maximum absolute atomic E-state index is 13.7. The Balaban J connectivity index is 1.51. The maximum Gasteiger partial charge on any atom is 0.274 e. The van der Waals surface area contributed by atoms with Crippen LogP contribution in [-0.2, 0) is 28.3 Å². The number of halogens is 1. The van der Waals surface area contributed by atoms with Gasteiger partial charge in [0.25, 0.3) is 15.9 Å². The molecule has 0 spiro atoms. The van der Waals surface area contributed by atoms with Gasteiger partial charge in [0.2, 0.25) is 0 Å². The number of fused-ring (bicyclic) bond motifs is 1. The lowest BCUT2D eigenvalue weighted by molar-refractivity contribution is 0.0936. The number of rotatable bonds is 8. The summed E-state index contributed by atoms with van der Waals surface area (Å²) in [4.78, 5) is 17.6. The molecule has 38 heavy (non-hydrogen) atoms. The molecular weight excluding hydrogens is 526 g/mol. The molecule has 0 radical (unpaired) electrons. The van der Waals surface area contributed by atoms with Gasteiger partial charge >= 0.3 is 0 Å². The minimum absolute atomic E-state index is 0.0731. The number of benzene rings is 2.